The molecule has 1 unspecified atom stereocenters. The highest BCUT2D eigenvalue weighted by atomic mass is 32.2. The van der Waals surface area contributed by atoms with Crippen molar-refractivity contribution >= 4 is 15.7 Å². The van der Waals surface area contributed by atoms with Crippen LogP contribution < -0.4 is 5.32 Å². The van der Waals surface area contributed by atoms with E-state index in [0.29, 0.717) is 12.1 Å². The quantitative estimate of drug-likeness (QED) is 0.869. The highest BCUT2D eigenvalue weighted by Gasteiger charge is 2.29. The largest absolute Gasteiger partial charge is 0.347 e. The summed E-state index contributed by atoms with van der Waals surface area (Å²) in [5, 5.41) is 2.72. The Balaban J connectivity index is 2.04. The molecule has 18 heavy (non-hydrogen) atoms. The van der Waals surface area contributed by atoms with Crippen LogP contribution in [0.3, 0.4) is 0 Å². The molecule has 1 aromatic rings. The maximum absolute atomic E-state index is 11.9. The van der Waals surface area contributed by atoms with Crippen LogP contribution in [-0.2, 0) is 16.3 Å². The number of amides is 1. The summed E-state index contributed by atoms with van der Waals surface area (Å²) in [6, 6.07) is 3.31. The van der Waals surface area contributed by atoms with E-state index in [9.17, 15) is 13.2 Å². The molecule has 2 rings (SSSR count). The van der Waals surface area contributed by atoms with Gasteiger partial charge in [0, 0.05) is 12.2 Å². The summed E-state index contributed by atoms with van der Waals surface area (Å²) in [6.07, 6.45) is 2.92. The number of carbonyl (C=O) groups is 1. The summed E-state index contributed by atoms with van der Waals surface area (Å²) >= 11 is 0. The Morgan fingerprint density at radius 3 is 2.94 bits per heavy atom. The average Bonchev–Trinajstić information content (AvgIpc) is 2.68. The monoisotopic (exact) mass is 268 g/mol. The van der Waals surface area contributed by atoms with E-state index in [1.165, 1.54) is 0 Å². The Bertz CT molecular complexity index is 554. The fraction of sp³-hybridized carbons (Fsp3) is 0.500. The van der Waals surface area contributed by atoms with Crippen LogP contribution in [-0.4, -0.2) is 36.9 Å². The van der Waals surface area contributed by atoms with Gasteiger partial charge >= 0.3 is 0 Å². The van der Waals surface area contributed by atoms with Gasteiger partial charge in [0.1, 0.15) is 5.69 Å². The van der Waals surface area contributed by atoms with Gasteiger partial charge in [-0.25, -0.2) is 8.42 Å². The lowest BCUT2D eigenvalue weighted by Crippen LogP contribution is -2.36. The fourth-order valence-corrected chi connectivity index (χ4v) is 3.66. The number of aryl methyl sites for hydroxylation is 1. The molecule has 1 amide bonds. The zero-order chi connectivity index (χ0) is 13.2. The van der Waals surface area contributed by atoms with Crippen LogP contribution in [0.1, 0.15) is 29.4 Å². The van der Waals surface area contributed by atoms with Crippen LogP contribution in [0.15, 0.2) is 18.3 Å². The molecule has 0 aliphatic carbocycles. The number of rotatable bonds is 3. The van der Waals surface area contributed by atoms with Gasteiger partial charge in [0.25, 0.3) is 5.91 Å². The van der Waals surface area contributed by atoms with Gasteiger partial charge in [-0.2, -0.15) is 0 Å². The predicted octanol–water partition coefficient (Wildman–Crippen LogP) is 0.561. The Morgan fingerprint density at radius 1 is 1.56 bits per heavy atom. The van der Waals surface area contributed by atoms with Crippen molar-refractivity contribution in [3.8, 4) is 0 Å². The predicted molar refractivity (Wildman–Crippen MR) is 68.1 cm³/mol. The molecule has 98 valence electrons. The smallest absolute Gasteiger partial charge is 0.270 e. The molecule has 6 heteroatoms. The van der Waals surface area contributed by atoms with Crippen LogP contribution in [0.25, 0.3) is 0 Å². The van der Waals surface area contributed by atoms with Crippen molar-refractivity contribution in [2.24, 2.45) is 0 Å². The lowest BCUT2D eigenvalue weighted by Gasteiger charge is -2.10. The normalized spacial score (nSPS) is 21.7. The van der Waals surface area contributed by atoms with Crippen molar-refractivity contribution in [3.05, 3.63) is 29.6 Å². The summed E-state index contributed by atoms with van der Waals surface area (Å²) in [5.74, 6) is -0.112. The van der Waals surface area contributed by atoms with E-state index in [1.54, 1.807) is 12.3 Å². The second-order valence-corrected chi connectivity index (χ2v) is 6.71. The summed E-state index contributed by atoms with van der Waals surface area (Å²) in [7, 11) is -2.97. The van der Waals surface area contributed by atoms with Crippen molar-refractivity contribution in [3.63, 3.8) is 0 Å². The molecule has 1 saturated heterocycles. The number of sulfone groups is 1. The molecule has 1 N–H and O–H groups in total. The van der Waals surface area contributed by atoms with Gasteiger partial charge in [-0.15, -0.1) is 0 Å². The molecule has 0 bridgehead atoms. The third kappa shape index (κ3) is 3.07. The zero-order valence-corrected chi connectivity index (χ0v) is 11.0. The lowest BCUT2D eigenvalue weighted by atomic mass is 10.1. The number of hydrogen-bond donors (Lipinski definition) is 1. The Labute approximate surface area is 107 Å². The average molecular weight is 268 g/mol. The lowest BCUT2D eigenvalue weighted by molar-refractivity contribution is 0.0936. The van der Waals surface area contributed by atoms with Gasteiger partial charge < -0.3 is 5.32 Å². The fourth-order valence-electron chi connectivity index (χ4n) is 1.99. The van der Waals surface area contributed by atoms with E-state index in [0.717, 1.165) is 12.0 Å². The summed E-state index contributed by atoms with van der Waals surface area (Å²) in [4.78, 5) is 15.9. The molecule has 1 aliphatic heterocycles. The summed E-state index contributed by atoms with van der Waals surface area (Å²) < 4.78 is 22.6. The van der Waals surface area contributed by atoms with Crippen molar-refractivity contribution in [1.29, 1.82) is 0 Å². The van der Waals surface area contributed by atoms with Crippen molar-refractivity contribution in [2.75, 3.05) is 11.5 Å². The molecule has 0 saturated carbocycles. The zero-order valence-electron chi connectivity index (χ0n) is 10.2. The highest BCUT2D eigenvalue weighted by molar-refractivity contribution is 7.91. The van der Waals surface area contributed by atoms with E-state index in [2.05, 4.69) is 10.3 Å². The topological polar surface area (TPSA) is 76.1 Å². The van der Waals surface area contributed by atoms with Crippen molar-refractivity contribution in [1.82, 2.24) is 10.3 Å². The highest BCUT2D eigenvalue weighted by Crippen LogP contribution is 2.12. The Hall–Kier alpha value is -1.43. The second-order valence-electron chi connectivity index (χ2n) is 4.48. The van der Waals surface area contributed by atoms with E-state index >= 15 is 0 Å². The third-order valence-electron chi connectivity index (χ3n) is 3.03. The molecule has 5 nitrogen and oxygen atoms in total. The van der Waals surface area contributed by atoms with Gasteiger partial charge in [0.05, 0.1) is 11.5 Å². The van der Waals surface area contributed by atoms with Gasteiger partial charge in [0.15, 0.2) is 9.84 Å². The van der Waals surface area contributed by atoms with E-state index in [1.807, 2.05) is 13.0 Å². The Morgan fingerprint density at radius 2 is 2.33 bits per heavy atom. The molecular formula is C12H16N2O3S. The molecule has 1 aromatic heterocycles. The molecule has 0 radical (unpaired) electrons. The first-order valence-corrected chi connectivity index (χ1v) is 7.78. The van der Waals surface area contributed by atoms with Crippen LogP contribution in [0.4, 0.5) is 0 Å². The van der Waals surface area contributed by atoms with E-state index in [4.69, 9.17) is 0 Å². The molecule has 2 heterocycles. The van der Waals surface area contributed by atoms with E-state index < -0.39 is 9.84 Å². The minimum Gasteiger partial charge on any atom is -0.347 e. The summed E-state index contributed by atoms with van der Waals surface area (Å²) in [5.41, 5.74) is 1.38. The molecular weight excluding hydrogens is 252 g/mol. The SMILES string of the molecule is CCc1ccnc(C(=O)NC2CCS(=O)(=O)C2)c1. The van der Waals surface area contributed by atoms with Crippen molar-refractivity contribution < 1.29 is 13.2 Å². The van der Waals surface area contributed by atoms with Crippen LogP contribution >= 0.6 is 0 Å². The second kappa shape index (κ2) is 5.06. The van der Waals surface area contributed by atoms with Crippen LogP contribution in [0.2, 0.25) is 0 Å². The number of nitrogens with zero attached hydrogens (tertiary/aromatic N) is 1. The van der Waals surface area contributed by atoms with Crippen LogP contribution in [0, 0.1) is 0 Å². The Kier molecular flexibility index (Phi) is 3.65. The molecule has 0 aromatic carbocycles. The maximum atomic E-state index is 11.9. The number of pyridine rings is 1. The van der Waals surface area contributed by atoms with Gasteiger partial charge in [-0.3, -0.25) is 9.78 Å². The number of carbonyl (C=O) groups excluding carboxylic acids is 1. The third-order valence-corrected chi connectivity index (χ3v) is 4.80. The standard InChI is InChI=1S/C12H16N2O3S/c1-2-9-3-5-13-11(7-9)12(15)14-10-4-6-18(16,17)8-10/h3,5,7,10H,2,4,6,8H2,1H3,(H,14,15). The molecule has 0 spiro atoms. The minimum atomic E-state index is -2.97. The minimum absolute atomic E-state index is 0.0339. The number of hydrogen-bond acceptors (Lipinski definition) is 4. The van der Waals surface area contributed by atoms with Gasteiger partial charge in [-0.1, -0.05) is 6.92 Å². The maximum Gasteiger partial charge on any atom is 0.270 e. The molecule has 1 aliphatic rings. The molecule has 1 fully saturated rings. The van der Waals surface area contributed by atoms with E-state index in [-0.39, 0.29) is 23.5 Å². The first-order valence-electron chi connectivity index (χ1n) is 5.96. The van der Waals surface area contributed by atoms with Crippen LogP contribution in [0.5, 0.6) is 0 Å². The van der Waals surface area contributed by atoms with Crippen molar-refractivity contribution in [2.45, 2.75) is 25.8 Å². The van der Waals surface area contributed by atoms with Gasteiger partial charge in [0.2, 0.25) is 0 Å². The number of aromatic nitrogens is 1. The number of nitrogens with one attached hydrogen (secondary N) is 1. The van der Waals surface area contributed by atoms with Gasteiger partial charge in [-0.05, 0) is 30.5 Å². The summed E-state index contributed by atoms with van der Waals surface area (Å²) in [6.45, 7) is 2.00. The first kappa shape index (κ1) is 13.0. The first-order chi connectivity index (χ1) is 8.50. The molecule has 1 atom stereocenters.